The number of rotatable bonds is 9. The summed E-state index contributed by atoms with van der Waals surface area (Å²) in [6.07, 6.45) is 2.38. The van der Waals surface area contributed by atoms with Gasteiger partial charge >= 0.3 is 6.09 Å². The smallest absolute Gasteiger partial charge is 0.407 e. The number of nitrogens with one attached hydrogen (secondary N) is 1. The highest BCUT2D eigenvalue weighted by molar-refractivity contribution is 6.06. The van der Waals surface area contributed by atoms with Crippen LogP contribution in [0.3, 0.4) is 0 Å². The van der Waals surface area contributed by atoms with Gasteiger partial charge in [0.2, 0.25) is 0 Å². The maximum atomic E-state index is 13.2. The highest BCUT2D eigenvalue weighted by Crippen LogP contribution is 2.32. The third-order valence-corrected chi connectivity index (χ3v) is 8.32. The van der Waals surface area contributed by atoms with E-state index in [0.29, 0.717) is 85.9 Å². The first-order chi connectivity index (χ1) is 20.4. The molecule has 0 atom stereocenters. The molecule has 3 heterocycles. The number of carbonyl (C=O) groups excluding carboxylic acids is 1. The predicted molar refractivity (Wildman–Crippen MR) is 156 cm³/mol. The van der Waals surface area contributed by atoms with Gasteiger partial charge in [-0.1, -0.05) is 6.07 Å². The summed E-state index contributed by atoms with van der Waals surface area (Å²) in [5.74, 6) is 1.72. The molecule has 2 aliphatic heterocycles. The van der Waals surface area contributed by atoms with Crippen molar-refractivity contribution in [2.75, 3.05) is 40.0 Å². The molecule has 0 bridgehead atoms. The first-order valence-electron chi connectivity index (χ1n) is 14.5. The molecule has 222 valence electrons. The molecule has 2 N–H and O–H groups in total. The Balaban J connectivity index is 1.12. The van der Waals surface area contributed by atoms with E-state index in [1.54, 1.807) is 23.8 Å². The average molecular weight is 577 g/mol. The van der Waals surface area contributed by atoms with Crippen molar-refractivity contribution in [3.63, 3.8) is 0 Å². The first kappa shape index (κ1) is 27.9. The Morgan fingerprint density at radius 2 is 1.76 bits per heavy atom. The fourth-order valence-corrected chi connectivity index (χ4v) is 5.83. The van der Waals surface area contributed by atoms with E-state index < -0.39 is 6.09 Å². The minimum atomic E-state index is -0.943. The molecule has 2 aromatic carbocycles. The number of hydrogen-bond acceptors (Lipinski definition) is 7. The summed E-state index contributed by atoms with van der Waals surface area (Å²) in [7, 11) is 1.58. The molecule has 42 heavy (non-hydrogen) atoms. The zero-order valence-electron chi connectivity index (χ0n) is 23.7. The molecule has 1 saturated heterocycles. The van der Waals surface area contributed by atoms with Gasteiger partial charge < -0.3 is 39.0 Å². The number of benzene rings is 2. The summed E-state index contributed by atoms with van der Waals surface area (Å²) in [4.78, 5) is 42.1. The van der Waals surface area contributed by atoms with Crippen molar-refractivity contribution in [1.29, 1.82) is 0 Å². The summed E-state index contributed by atoms with van der Waals surface area (Å²) in [5.41, 5.74) is 1.67. The average Bonchev–Trinajstić information content (AvgIpc) is 3.83. The standard InChI is InChI=1S/C31H36N4O7/c1-40-23-5-6-24-25(30(37)32-21-3-4-21)18-29(36)34(26(24)17-23)13-12-33-10-8-22(9-11-33)35(31(38)39)19-20-2-7-27-28(16-20)42-15-14-41-27/h2,5-7,16-18,21-22H,3-4,8-15,19H2,1H3,(H,32,37)(H,38,39). The van der Waals surface area contributed by atoms with Gasteiger partial charge in [0.1, 0.15) is 19.0 Å². The molecule has 1 aromatic heterocycles. The number of amides is 2. The highest BCUT2D eigenvalue weighted by Gasteiger charge is 2.29. The third kappa shape index (κ3) is 6.01. The van der Waals surface area contributed by atoms with E-state index in [1.165, 1.54) is 11.0 Å². The lowest BCUT2D eigenvalue weighted by molar-refractivity contribution is 0.0855. The molecule has 2 fully saturated rings. The number of hydrogen-bond donors (Lipinski definition) is 2. The molecule has 2 amide bonds. The fourth-order valence-electron chi connectivity index (χ4n) is 5.83. The summed E-state index contributed by atoms with van der Waals surface area (Å²) in [5, 5.41) is 13.7. The maximum absolute atomic E-state index is 13.2. The van der Waals surface area contributed by atoms with Crippen molar-refractivity contribution in [1.82, 2.24) is 19.7 Å². The van der Waals surface area contributed by atoms with Crippen molar-refractivity contribution >= 4 is 22.9 Å². The molecule has 1 saturated carbocycles. The van der Waals surface area contributed by atoms with Crippen molar-refractivity contribution in [3.8, 4) is 17.2 Å². The summed E-state index contributed by atoms with van der Waals surface area (Å²) in [6, 6.07) is 12.5. The second kappa shape index (κ2) is 11.9. The van der Waals surface area contributed by atoms with Crippen LogP contribution in [-0.2, 0) is 13.1 Å². The highest BCUT2D eigenvalue weighted by atomic mass is 16.6. The third-order valence-electron chi connectivity index (χ3n) is 8.32. The van der Waals surface area contributed by atoms with Crippen LogP contribution >= 0.6 is 0 Å². The summed E-state index contributed by atoms with van der Waals surface area (Å²) in [6.45, 7) is 3.77. The molecular formula is C31H36N4O7. The SMILES string of the molecule is COc1ccc2c(C(=O)NC3CC3)cc(=O)n(CCN3CCC(N(Cc4ccc5c(c4)OCCO5)C(=O)O)CC3)c2c1. The molecule has 1 aliphatic carbocycles. The van der Waals surface area contributed by atoms with Gasteiger partial charge in [-0.05, 0) is 55.5 Å². The van der Waals surface area contributed by atoms with Crippen LogP contribution in [0.1, 0.15) is 41.6 Å². The van der Waals surface area contributed by atoms with Crippen LogP contribution in [0.15, 0.2) is 47.3 Å². The predicted octanol–water partition coefficient (Wildman–Crippen LogP) is 3.32. The maximum Gasteiger partial charge on any atom is 0.407 e. The summed E-state index contributed by atoms with van der Waals surface area (Å²) < 4.78 is 18.4. The van der Waals surface area contributed by atoms with E-state index in [4.69, 9.17) is 14.2 Å². The van der Waals surface area contributed by atoms with E-state index in [0.717, 1.165) is 18.4 Å². The van der Waals surface area contributed by atoms with Gasteiger partial charge in [-0.25, -0.2) is 4.79 Å². The topological polar surface area (TPSA) is 123 Å². The van der Waals surface area contributed by atoms with Crippen molar-refractivity contribution in [2.24, 2.45) is 0 Å². The number of ether oxygens (including phenoxy) is 3. The Labute approximate surface area is 243 Å². The Hall–Kier alpha value is -4.25. The van der Waals surface area contributed by atoms with Crippen LogP contribution in [0.25, 0.3) is 10.9 Å². The van der Waals surface area contributed by atoms with Gasteiger partial charge in [0.25, 0.3) is 11.5 Å². The van der Waals surface area contributed by atoms with Crippen LogP contribution in [-0.4, -0.2) is 83.5 Å². The van der Waals surface area contributed by atoms with Gasteiger partial charge in [0.05, 0.1) is 18.2 Å². The second-order valence-corrected chi connectivity index (χ2v) is 11.1. The first-order valence-corrected chi connectivity index (χ1v) is 14.5. The number of piperidine rings is 1. The molecule has 3 aromatic rings. The quantitative estimate of drug-likeness (QED) is 0.398. The fraction of sp³-hybridized carbons (Fsp3) is 0.452. The number of methoxy groups -OCH3 is 1. The van der Waals surface area contributed by atoms with Crippen LogP contribution in [0, 0.1) is 0 Å². The Morgan fingerprint density at radius 1 is 1.00 bits per heavy atom. The minimum Gasteiger partial charge on any atom is -0.497 e. The van der Waals surface area contributed by atoms with Crippen LogP contribution in [0.5, 0.6) is 17.2 Å². The van der Waals surface area contributed by atoms with Crippen molar-refractivity contribution in [2.45, 2.75) is 50.9 Å². The molecule has 6 rings (SSSR count). The van der Waals surface area contributed by atoms with Gasteiger partial charge in [-0.15, -0.1) is 0 Å². The number of fused-ring (bicyclic) bond motifs is 2. The van der Waals surface area contributed by atoms with Crippen LogP contribution < -0.4 is 25.1 Å². The van der Waals surface area contributed by atoms with Crippen molar-refractivity contribution < 1.29 is 28.9 Å². The summed E-state index contributed by atoms with van der Waals surface area (Å²) >= 11 is 0. The Kier molecular flexibility index (Phi) is 7.92. The number of carbonyl (C=O) groups is 2. The Morgan fingerprint density at radius 3 is 2.48 bits per heavy atom. The Bertz CT molecular complexity index is 1540. The van der Waals surface area contributed by atoms with Gasteiger partial charge in [0, 0.05) is 62.3 Å². The molecule has 11 nitrogen and oxygen atoms in total. The largest absolute Gasteiger partial charge is 0.497 e. The normalized spacial score (nSPS) is 17.2. The van der Waals surface area contributed by atoms with Crippen molar-refractivity contribution in [3.05, 3.63) is 63.9 Å². The molecular weight excluding hydrogens is 540 g/mol. The molecule has 0 unspecified atom stereocenters. The van der Waals surface area contributed by atoms with E-state index >= 15 is 0 Å². The number of carboxylic acid groups (broad SMARTS) is 1. The zero-order chi connectivity index (χ0) is 29.2. The minimum absolute atomic E-state index is 0.107. The molecule has 0 radical (unpaired) electrons. The molecule has 0 spiro atoms. The van der Waals surface area contributed by atoms with E-state index in [1.807, 2.05) is 24.3 Å². The number of pyridine rings is 1. The molecule has 3 aliphatic rings. The zero-order valence-corrected chi connectivity index (χ0v) is 23.7. The van der Waals surface area contributed by atoms with E-state index in [2.05, 4.69) is 10.2 Å². The van der Waals surface area contributed by atoms with Crippen LogP contribution in [0.4, 0.5) is 4.79 Å². The van der Waals surface area contributed by atoms with Gasteiger partial charge in [-0.3, -0.25) is 9.59 Å². The monoisotopic (exact) mass is 576 g/mol. The lowest BCUT2D eigenvalue weighted by Crippen LogP contribution is -2.47. The number of aromatic nitrogens is 1. The lowest BCUT2D eigenvalue weighted by Gasteiger charge is -2.37. The van der Waals surface area contributed by atoms with E-state index in [9.17, 15) is 19.5 Å². The lowest BCUT2D eigenvalue weighted by atomic mass is 10.0. The molecule has 11 heteroatoms. The second-order valence-electron chi connectivity index (χ2n) is 11.1. The number of likely N-dealkylation sites (tertiary alicyclic amines) is 1. The van der Waals surface area contributed by atoms with Gasteiger partial charge in [0.15, 0.2) is 11.5 Å². The van der Waals surface area contributed by atoms with E-state index in [-0.39, 0.29) is 30.1 Å². The van der Waals surface area contributed by atoms with Crippen LogP contribution in [0.2, 0.25) is 0 Å². The number of nitrogens with zero attached hydrogens (tertiary/aromatic N) is 3. The van der Waals surface area contributed by atoms with Gasteiger partial charge in [-0.2, -0.15) is 0 Å².